The Labute approximate surface area is 230 Å². The molecule has 0 unspecified atom stereocenters. The van der Waals surface area contributed by atoms with Gasteiger partial charge in [-0.2, -0.15) is 13.2 Å². The van der Waals surface area contributed by atoms with Gasteiger partial charge in [-0.25, -0.2) is 15.1 Å². The Balaban J connectivity index is 0.000000587. The Bertz CT molecular complexity index is 1430. The number of nitrogens with one attached hydrogen (secondary N) is 2. The number of alkyl halides is 3. The smallest absolute Gasteiger partial charge is 0.489 e. The molecule has 2 atom stereocenters. The van der Waals surface area contributed by atoms with Gasteiger partial charge in [0.2, 0.25) is 5.91 Å². The first-order valence-electron chi connectivity index (χ1n) is 11.9. The molecule has 1 aromatic heterocycles. The minimum atomic E-state index is -5.08. The van der Waals surface area contributed by atoms with Crippen molar-refractivity contribution < 1.29 is 52.5 Å². The van der Waals surface area contributed by atoms with E-state index < -0.39 is 42.0 Å². The third-order valence-corrected chi connectivity index (χ3v) is 6.04. The number of benzene rings is 2. The van der Waals surface area contributed by atoms with Crippen LogP contribution in [0.3, 0.4) is 0 Å². The summed E-state index contributed by atoms with van der Waals surface area (Å²) in [6.07, 6.45) is -6.29. The molecule has 3 aromatic rings. The van der Waals surface area contributed by atoms with E-state index in [0.29, 0.717) is 17.9 Å². The topological polar surface area (TPSA) is 178 Å². The molecule has 3 amide bonds. The SMILES string of the molecule is Cc1cc(COc2ccc(C(=O)N[C@@H]3CN(C(=O)O)C[C@@H]3C(=O)NO)cc2)c2ccccc2n1.O=C(O)C(F)(F)F. The van der Waals surface area contributed by atoms with Crippen LogP contribution in [0.1, 0.15) is 21.6 Å². The number of likely N-dealkylation sites (tertiary alicyclic amines) is 1. The summed E-state index contributed by atoms with van der Waals surface area (Å²) < 4.78 is 37.7. The van der Waals surface area contributed by atoms with Gasteiger partial charge < -0.3 is 25.2 Å². The number of carbonyl (C=O) groups is 4. The van der Waals surface area contributed by atoms with Gasteiger partial charge in [0.1, 0.15) is 12.4 Å². The first-order chi connectivity index (χ1) is 19.3. The van der Waals surface area contributed by atoms with E-state index in [4.69, 9.17) is 19.8 Å². The molecule has 12 nitrogen and oxygen atoms in total. The maximum atomic E-state index is 12.7. The van der Waals surface area contributed by atoms with Crippen molar-refractivity contribution in [2.75, 3.05) is 13.1 Å². The fraction of sp³-hybridized carbons (Fsp3) is 0.269. The highest BCUT2D eigenvalue weighted by molar-refractivity contribution is 5.95. The van der Waals surface area contributed by atoms with Crippen LogP contribution in [0.4, 0.5) is 18.0 Å². The van der Waals surface area contributed by atoms with Crippen LogP contribution in [-0.2, 0) is 16.2 Å². The molecular formula is C26H25F3N4O8. The largest absolute Gasteiger partial charge is 0.490 e. The third kappa shape index (κ3) is 8.04. The average Bonchev–Trinajstić information content (AvgIpc) is 3.35. The third-order valence-electron chi connectivity index (χ3n) is 6.04. The van der Waals surface area contributed by atoms with Crippen molar-refractivity contribution >= 4 is 34.8 Å². The number of amides is 3. The summed E-state index contributed by atoms with van der Waals surface area (Å²) in [6, 6.07) is 15.6. The van der Waals surface area contributed by atoms with Gasteiger partial charge in [0.05, 0.1) is 17.5 Å². The van der Waals surface area contributed by atoms with Crippen LogP contribution >= 0.6 is 0 Å². The Morgan fingerprint density at radius 2 is 1.68 bits per heavy atom. The van der Waals surface area contributed by atoms with Crippen molar-refractivity contribution in [1.29, 1.82) is 0 Å². The zero-order valence-corrected chi connectivity index (χ0v) is 21.4. The quantitative estimate of drug-likeness (QED) is 0.217. The Morgan fingerprint density at radius 3 is 2.27 bits per heavy atom. The molecule has 15 heteroatoms. The van der Waals surface area contributed by atoms with Gasteiger partial charge in [-0.05, 0) is 43.3 Å². The van der Waals surface area contributed by atoms with Crippen LogP contribution in [0, 0.1) is 12.8 Å². The number of aryl methyl sites for hydroxylation is 1. The number of ether oxygens (including phenoxy) is 1. The number of nitrogens with zero attached hydrogens (tertiary/aromatic N) is 2. The molecule has 1 aliphatic heterocycles. The highest BCUT2D eigenvalue weighted by Crippen LogP contribution is 2.22. The summed E-state index contributed by atoms with van der Waals surface area (Å²) in [7, 11) is 0. The minimum Gasteiger partial charge on any atom is -0.489 e. The van der Waals surface area contributed by atoms with Gasteiger partial charge in [0.15, 0.2) is 0 Å². The first-order valence-corrected chi connectivity index (χ1v) is 11.9. The minimum absolute atomic E-state index is 0.0559. The highest BCUT2D eigenvalue weighted by Gasteiger charge is 2.40. The van der Waals surface area contributed by atoms with Crippen molar-refractivity contribution in [3.63, 3.8) is 0 Å². The van der Waals surface area contributed by atoms with Crippen LogP contribution in [0.5, 0.6) is 5.75 Å². The molecule has 1 fully saturated rings. The lowest BCUT2D eigenvalue weighted by molar-refractivity contribution is -0.192. The lowest BCUT2D eigenvalue weighted by Gasteiger charge is -2.18. The van der Waals surface area contributed by atoms with Crippen molar-refractivity contribution in [3.8, 4) is 5.75 Å². The monoisotopic (exact) mass is 578 g/mol. The Kier molecular flexibility index (Phi) is 9.67. The van der Waals surface area contributed by atoms with Crippen LogP contribution in [0.25, 0.3) is 10.9 Å². The normalized spacial score (nSPS) is 16.4. The van der Waals surface area contributed by atoms with Gasteiger partial charge in [0, 0.05) is 35.3 Å². The number of halogens is 3. The van der Waals surface area contributed by atoms with Gasteiger partial charge >= 0.3 is 18.2 Å². The molecule has 41 heavy (non-hydrogen) atoms. The summed E-state index contributed by atoms with van der Waals surface area (Å²) in [4.78, 5) is 50.3. The molecule has 0 saturated carbocycles. The lowest BCUT2D eigenvalue weighted by atomic mass is 10.0. The number of fused-ring (bicyclic) bond motifs is 1. The van der Waals surface area contributed by atoms with E-state index in [9.17, 15) is 32.7 Å². The fourth-order valence-electron chi connectivity index (χ4n) is 4.08. The zero-order valence-electron chi connectivity index (χ0n) is 21.4. The van der Waals surface area contributed by atoms with Crippen LogP contribution in [0.2, 0.25) is 0 Å². The number of aromatic nitrogens is 1. The molecule has 0 aliphatic carbocycles. The van der Waals surface area contributed by atoms with Crippen LogP contribution < -0.4 is 15.5 Å². The summed E-state index contributed by atoms with van der Waals surface area (Å²) >= 11 is 0. The van der Waals surface area contributed by atoms with E-state index in [1.807, 2.05) is 37.3 Å². The number of hydroxylamine groups is 1. The standard InChI is InChI=1S/C24H24N4O6.C2HF3O2/c1-14-10-16(18-4-2-3-5-20(18)25-14)13-34-17-8-6-15(7-9-17)22(29)26-21-12-28(24(31)32)11-19(21)23(30)27-33;3-2(4,5)1(6)7/h2-10,19,21,33H,11-13H2,1H3,(H,26,29)(H,27,30)(H,31,32);(H,6,7)/t19-,21+;/m0./s1. The molecule has 1 saturated heterocycles. The second-order valence-electron chi connectivity index (χ2n) is 8.91. The van der Waals surface area contributed by atoms with Gasteiger partial charge in [-0.1, -0.05) is 18.2 Å². The van der Waals surface area contributed by atoms with Gasteiger partial charge in [-0.3, -0.25) is 19.8 Å². The van der Waals surface area contributed by atoms with E-state index >= 15 is 0 Å². The highest BCUT2D eigenvalue weighted by atomic mass is 19.4. The van der Waals surface area contributed by atoms with Crippen molar-refractivity contribution in [2.24, 2.45) is 5.92 Å². The summed E-state index contributed by atoms with van der Waals surface area (Å²) in [5, 5.41) is 28.9. The molecule has 0 bridgehead atoms. The number of aliphatic carboxylic acids is 1. The molecule has 218 valence electrons. The molecule has 0 radical (unpaired) electrons. The number of pyridine rings is 1. The Morgan fingerprint density at radius 1 is 1.05 bits per heavy atom. The van der Waals surface area contributed by atoms with E-state index in [1.54, 1.807) is 24.3 Å². The van der Waals surface area contributed by atoms with E-state index in [2.05, 4.69) is 10.3 Å². The maximum absolute atomic E-state index is 12.7. The second-order valence-corrected chi connectivity index (χ2v) is 8.91. The predicted molar refractivity (Wildman–Crippen MR) is 135 cm³/mol. The number of hydrogen-bond acceptors (Lipinski definition) is 7. The second kappa shape index (κ2) is 13.0. The number of rotatable bonds is 6. The molecular weight excluding hydrogens is 553 g/mol. The Hall–Kier alpha value is -4.92. The summed E-state index contributed by atoms with van der Waals surface area (Å²) in [6.45, 7) is 2.08. The summed E-state index contributed by atoms with van der Waals surface area (Å²) in [5.74, 6) is -4.30. The molecule has 1 aliphatic rings. The predicted octanol–water partition coefficient (Wildman–Crippen LogP) is 2.97. The summed E-state index contributed by atoms with van der Waals surface area (Å²) in [5.41, 5.74) is 4.65. The molecule has 5 N–H and O–H groups in total. The lowest BCUT2D eigenvalue weighted by Crippen LogP contribution is -2.45. The van der Waals surface area contributed by atoms with E-state index in [0.717, 1.165) is 27.1 Å². The fourth-order valence-corrected chi connectivity index (χ4v) is 4.08. The van der Waals surface area contributed by atoms with E-state index in [1.165, 1.54) is 5.48 Å². The molecule has 2 heterocycles. The van der Waals surface area contributed by atoms with Gasteiger partial charge in [-0.15, -0.1) is 0 Å². The zero-order chi connectivity index (χ0) is 30.3. The average molecular weight is 579 g/mol. The van der Waals surface area contributed by atoms with Crippen molar-refractivity contribution in [1.82, 2.24) is 20.7 Å². The number of carbonyl (C=O) groups excluding carboxylic acids is 2. The van der Waals surface area contributed by atoms with Crippen LogP contribution in [-0.4, -0.2) is 74.5 Å². The molecule has 0 spiro atoms. The molecule has 4 rings (SSSR count). The number of para-hydroxylation sites is 1. The molecule has 2 aromatic carbocycles. The maximum Gasteiger partial charge on any atom is 0.490 e. The van der Waals surface area contributed by atoms with Crippen molar-refractivity contribution in [3.05, 3.63) is 71.4 Å². The number of carboxylic acid groups (broad SMARTS) is 2. The number of carboxylic acids is 1. The van der Waals surface area contributed by atoms with Gasteiger partial charge in [0.25, 0.3) is 5.91 Å². The number of hydrogen-bond donors (Lipinski definition) is 5. The van der Waals surface area contributed by atoms with Crippen LogP contribution in [0.15, 0.2) is 54.6 Å². The van der Waals surface area contributed by atoms with Crippen molar-refractivity contribution in [2.45, 2.75) is 25.7 Å². The van der Waals surface area contributed by atoms with E-state index in [-0.39, 0.29) is 13.1 Å². The first kappa shape index (κ1) is 30.6.